The molecule has 1 heterocycles. The fourth-order valence-corrected chi connectivity index (χ4v) is 5.00. The monoisotopic (exact) mass is 466 g/mol. The highest BCUT2D eigenvalue weighted by Gasteiger charge is 2.27. The third-order valence-electron chi connectivity index (χ3n) is 5.20. The average Bonchev–Trinajstić information content (AvgIpc) is 2.73. The van der Waals surface area contributed by atoms with E-state index < -0.39 is 20.9 Å². The smallest absolute Gasteiger partial charge is 0.273 e. The van der Waals surface area contributed by atoms with Gasteiger partial charge in [-0.1, -0.05) is 23.7 Å². The number of anilines is 1. The number of amides is 1. The first-order chi connectivity index (χ1) is 14.7. The van der Waals surface area contributed by atoms with Crippen LogP contribution in [0.4, 0.5) is 11.4 Å². The van der Waals surface area contributed by atoms with E-state index in [4.69, 9.17) is 11.6 Å². The summed E-state index contributed by atoms with van der Waals surface area (Å²) in [6, 6.07) is 11.6. The van der Waals surface area contributed by atoms with Crippen molar-refractivity contribution in [2.45, 2.75) is 6.92 Å². The van der Waals surface area contributed by atoms with Gasteiger partial charge in [-0.05, 0) is 31.2 Å². The number of benzene rings is 2. The minimum atomic E-state index is -3.55. The molecule has 1 saturated heterocycles. The molecule has 1 aliphatic heterocycles. The van der Waals surface area contributed by atoms with Gasteiger partial charge in [0.25, 0.3) is 11.6 Å². The van der Waals surface area contributed by atoms with Gasteiger partial charge in [0.1, 0.15) is 0 Å². The molecule has 2 aromatic carbocycles. The van der Waals surface area contributed by atoms with Crippen molar-refractivity contribution in [3.8, 4) is 0 Å². The van der Waals surface area contributed by atoms with Gasteiger partial charge in [0.2, 0.25) is 10.0 Å². The lowest BCUT2D eigenvalue weighted by Gasteiger charge is -2.35. The quantitative estimate of drug-likeness (QED) is 0.495. The molecular formula is C20H23ClN4O5S. The van der Waals surface area contributed by atoms with E-state index in [1.54, 1.807) is 6.07 Å². The largest absolute Gasteiger partial charge is 0.369 e. The first-order valence-electron chi connectivity index (χ1n) is 9.69. The van der Waals surface area contributed by atoms with E-state index in [1.807, 2.05) is 18.2 Å². The Labute approximate surface area is 185 Å². The van der Waals surface area contributed by atoms with Gasteiger partial charge in [0.15, 0.2) is 0 Å². The zero-order valence-corrected chi connectivity index (χ0v) is 18.5. The number of nitrogens with one attached hydrogen (secondary N) is 1. The van der Waals surface area contributed by atoms with Crippen molar-refractivity contribution in [3.63, 3.8) is 0 Å². The van der Waals surface area contributed by atoms with E-state index in [0.717, 1.165) is 5.69 Å². The highest BCUT2D eigenvalue weighted by Crippen LogP contribution is 2.22. The summed E-state index contributed by atoms with van der Waals surface area (Å²) in [6.07, 6.45) is 0. The Hall–Kier alpha value is -2.69. The van der Waals surface area contributed by atoms with Crippen molar-refractivity contribution in [2.75, 3.05) is 43.4 Å². The number of nitrogens with zero attached hydrogens (tertiary/aromatic N) is 3. The summed E-state index contributed by atoms with van der Waals surface area (Å²) in [5, 5.41) is 14.2. The molecule has 0 unspecified atom stereocenters. The van der Waals surface area contributed by atoms with Crippen molar-refractivity contribution in [1.82, 2.24) is 9.62 Å². The Kier molecular flexibility index (Phi) is 7.14. The summed E-state index contributed by atoms with van der Waals surface area (Å²) in [5.74, 6) is -0.786. The van der Waals surface area contributed by atoms with Crippen molar-refractivity contribution >= 4 is 38.9 Å². The number of nitro benzene ring substituents is 1. The van der Waals surface area contributed by atoms with Gasteiger partial charge in [-0.2, -0.15) is 4.31 Å². The fraction of sp³-hybridized carbons (Fsp3) is 0.350. The normalized spacial score (nSPS) is 15.0. The van der Waals surface area contributed by atoms with Gasteiger partial charge < -0.3 is 10.2 Å². The van der Waals surface area contributed by atoms with Crippen LogP contribution in [0.15, 0.2) is 42.5 Å². The number of hydrogen-bond donors (Lipinski definition) is 1. The van der Waals surface area contributed by atoms with Gasteiger partial charge in [-0.3, -0.25) is 14.9 Å². The molecule has 0 spiro atoms. The predicted molar refractivity (Wildman–Crippen MR) is 119 cm³/mol. The summed E-state index contributed by atoms with van der Waals surface area (Å²) in [6.45, 7) is 3.16. The number of carbonyl (C=O) groups excluding carboxylic acids is 1. The Morgan fingerprint density at radius 2 is 1.84 bits per heavy atom. The van der Waals surface area contributed by atoms with Crippen LogP contribution in [0.5, 0.6) is 0 Å². The van der Waals surface area contributed by atoms with Gasteiger partial charge in [-0.15, -0.1) is 0 Å². The van der Waals surface area contributed by atoms with Crippen molar-refractivity contribution < 1.29 is 18.1 Å². The molecule has 11 heteroatoms. The average molecular weight is 467 g/mol. The Balaban J connectivity index is 1.53. The minimum Gasteiger partial charge on any atom is -0.369 e. The third-order valence-corrected chi connectivity index (χ3v) is 7.30. The molecule has 31 heavy (non-hydrogen) atoms. The van der Waals surface area contributed by atoms with Crippen LogP contribution >= 0.6 is 11.6 Å². The maximum Gasteiger partial charge on any atom is 0.273 e. The summed E-state index contributed by atoms with van der Waals surface area (Å²) in [4.78, 5) is 24.9. The van der Waals surface area contributed by atoms with Crippen LogP contribution in [0.3, 0.4) is 0 Å². The molecule has 3 rings (SSSR count). The summed E-state index contributed by atoms with van der Waals surface area (Å²) < 4.78 is 26.7. The number of sulfonamides is 1. The Morgan fingerprint density at radius 3 is 2.48 bits per heavy atom. The summed E-state index contributed by atoms with van der Waals surface area (Å²) in [5.41, 5.74) is 1.19. The van der Waals surface area contributed by atoms with Crippen molar-refractivity contribution in [3.05, 3.63) is 68.7 Å². The molecule has 9 nitrogen and oxygen atoms in total. The molecule has 0 saturated carbocycles. The summed E-state index contributed by atoms with van der Waals surface area (Å²) >= 11 is 6.03. The second-order valence-electron chi connectivity index (χ2n) is 7.14. The molecule has 1 aliphatic rings. The van der Waals surface area contributed by atoms with Crippen molar-refractivity contribution in [2.24, 2.45) is 0 Å². The maximum atomic E-state index is 12.7. The molecule has 1 amide bonds. The van der Waals surface area contributed by atoms with E-state index in [2.05, 4.69) is 10.2 Å². The lowest BCUT2D eigenvalue weighted by molar-refractivity contribution is -0.385. The summed E-state index contributed by atoms with van der Waals surface area (Å²) in [7, 11) is -3.55. The van der Waals surface area contributed by atoms with Crippen LogP contribution < -0.4 is 10.2 Å². The molecule has 0 radical (unpaired) electrons. The number of hydrogen-bond acceptors (Lipinski definition) is 6. The third kappa shape index (κ3) is 5.52. The van der Waals surface area contributed by atoms with Gasteiger partial charge in [0.05, 0.1) is 10.7 Å². The second kappa shape index (κ2) is 9.63. The zero-order valence-electron chi connectivity index (χ0n) is 17.0. The number of piperazine rings is 1. The van der Waals surface area contributed by atoms with Crippen LogP contribution in [-0.2, 0) is 10.0 Å². The molecule has 0 atom stereocenters. The number of rotatable bonds is 7. The molecule has 0 bridgehead atoms. The fourth-order valence-electron chi connectivity index (χ4n) is 3.48. The van der Waals surface area contributed by atoms with Crippen molar-refractivity contribution in [1.29, 1.82) is 0 Å². The Bertz CT molecular complexity index is 1080. The number of carbonyl (C=O) groups is 1. The molecular weight excluding hydrogens is 444 g/mol. The van der Waals surface area contributed by atoms with Gasteiger partial charge in [-0.25, -0.2) is 8.42 Å². The number of nitro groups is 1. The molecule has 1 N–H and O–H groups in total. The molecule has 0 aliphatic carbocycles. The van der Waals surface area contributed by atoms with Crippen LogP contribution in [0.1, 0.15) is 15.9 Å². The first kappa shape index (κ1) is 23.0. The molecule has 166 valence electrons. The van der Waals surface area contributed by atoms with E-state index >= 15 is 0 Å². The number of halogens is 1. The second-order valence-corrected chi connectivity index (χ2v) is 9.67. The minimum absolute atomic E-state index is 0.0855. The lowest BCUT2D eigenvalue weighted by Crippen LogP contribution is -2.50. The topological polar surface area (TPSA) is 113 Å². The van der Waals surface area contributed by atoms with Crippen LogP contribution in [0, 0.1) is 17.0 Å². The van der Waals surface area contributed by atoms with E-state index in [9.17, 15) is 23.3 Å². The maximum absolute atomic E-state index is 12.7. The predicted octanol–water partition coefficient (Wildman–Crippen LogP) is 2.44. The van der Waals surface area contributed by atoms with Crippen LogP contribution in [0.2, 0.25) is 5.02 Å². The van der Waals surface area contributed by atoms with Crippen LogP contribution in [-0.4, -0.2) is 62.0 Å². The first-order valence-corrected chi connectivity index (χ1v) is 11.7. The van der Waals surface area contributed by atoms with Gasteiger partial charge in [0, 0.05) is 60.6 Å². The Morgan fingerprint density at radius 1 is 1.16 bits per heavy atom. The SMILES string of the molecule is Cc1c(C(=O)NCCS(=O)(=O)N2CCN(c3cccc(Cl)c3)CC2)cccc1[N+](=O)[O-]. The van der Waals surface area contributed by atoms with E-state index in [1.165, 1.54) is 29.4 Å². The van der Waals surface area contributed by atoms with Gasteiger partial charge >= 0.3 is 0 Å². The van der Waals surface area contributed by atoms with E-state index in [0.29, 0.717) is 31.2 Å². The highest BCUT2D eigenvalue weighted by molar-refractivity contribution is 7.89. The van der Waals surface area contributed by atoms with Crippen LogP contribution in [0.25, 0.3) is 0 Å². The lowest BCUT2D eigenvalue weighted by atomic mass is 10.1. The zero-order chi connectivity index (χ0) is 22.6. The molecule has 1 fully saturated rings. The molecule has 2 aromatic rings. The standard InChI is InChI=1S/C20H23ClN4O5S/c1-15-18(6-3-7-19(15)25(27)28)20(26)22-8-13-31(29,30)24-11-9-23(10-12-24)17-5-2-4-16(21)14-17/h2-7,14H,8-13H2,1H3,(H,22,26). The van der Waals surface area contributed by atoms with E-state index in [-0.39, 0.29) is 29.1 Å². The molecule has 0 aromatic heterocycles. The highest BCUT2D eigenvalue weighted by atomic mass is 35.5.